The Labute approximate surface area is 117 Å². The Balaban J connectivity index is 1.88. The van der Waals surface area contributed by atoms with E-state index < -0.39 is 0 Å². The van der Waals surface area contributed by atoms with Crippen molar-refractivity contribution in [2.24, 2.45) is 5.92 Å². The van der Waals surface area contributed by atoms with E-state index in [1.807, 2.05) is 12.1 Å². The monoisotopic (exact) mass is 315 g/mol. The summed E-state index contributed by atoms with van der Waals surface area (Å²) in [5.41, 5.74) is 1.25. The Bertz CT molecular complexity index is 359. The molecule has 1 aliphatic rings. The van der Waals surface area contributed by atoms with Crippen molar-refractivity contribution < 1.29 is 0 Å². The van der Waals surface area contributed by atoms with Crippen molar-refractivity contribution >= 4 is 27.5 Å². The highest BCUT2D eigenvalue weighted by Crippen LogP contribution is 2.26. The maximum Gasteiger partial charge on any atom is 0.0451 e. The molecule has 94 valence electrons. The molecule has 0 saturated carbocycles. The van der Waals surface area contributed by atoms with E-state index in [2.05, 4.69) is 39.9 Å². The first-order valence-corrected chi connectivity index (χ1v) is 7.56. The normalized spacial score (nSPS) is 20.4. The average molecular weight is 317 g/mol. The van der Waals surface area contributed by atoms with Gasteiger partial charge in [-0.15, -0.1) is 0 Å². The second-order valence-corrected chi connectivity index (χ2v) is 6.73. The molecule has 1 nitrogen and oxygen atoms in total. The highest BCUT2D eigenvalue weighted by Gasteiger charge is 2.22. The molecule has 0 radical (unpaired) electrons. The van der Waals surface area contributed by atoms with E-state index in [4.69, 9.17) is 11.6 Å². The molecule has 1 unspecified atom stereocenters. The van der Waals surface area contributed by atoms with Crippen molar-refractivity contribution in [2.75, 3.05) is 13.1 Å². The van der Waals surface area contributed by atoms with E-state index in [0.29, 0.717) is 4.83 Å². The summed E-state index contributed by atoms with van der Waals surface area (Å²) < 4.78 is 0. The Morgan fingerprint density at radius 2 is 2.00 bits per heavy atom. The van der Waals surface area contributed by atoms with Gasteiger partial charge in [-0.1, -0.05) is 52.7 Å². The standard InChI is InChI=1S/C14H19BrClN/c1-11(15)12-6-8-17(9-7-12)10-13-4-2-3-5-14(13)16/h2-5,11-12H,6-10H2,1H3. The molecule has 1 heterocycles. The maximum atomic E-state index is 6.19. The van der Waals surface area contributed by atoms with Crippen LogP contribution in [-0.4, -0.2) is 22.8 Å². The number of rotatable bonds is 3. The van der Waals surface area contributed by atoms with Crippen LogP contribution in [0.3, 0.4) is 0 Å². The first-order chi connectivity index (χ1) is 8.16. The molecule has 2 rings (SSSR count). The molecule has 0 bridgehead atoms. The first kappa shape index (κ1) is 13.4. The lowest BCUT2D eigenvalue weighted by molar-refractivity contribution is 0.178. The van der Waals surface area contributed by atoms with Gasteiger partial charge >= 0.3 is 0 Å². The summed E-state index contributed by atoms with van der Waals surface area (Å²) in [6, 6.07) is 8.16. The second-order valence-electron chi connectivity index (χ2n) is 4.88. The fourth-order valence-corrected chi connectivity index (χ4v) is 3.16. The van der Waals surface area contributed by atoms with Crippen molar-refractivity contribution in [1.29, 1.82) is 0 Å². The van der Waals surface area contributed by atoms with Crippen LogP contribution in [0.5, 0.6) is 0 Å². The minimum atomic E-state index is 0.643. The highest BCUT2D eigenvalue weighted by molar-refractivity contribution is 9.09. The largest absolute Gasteiger partial charge is 0.299 e. The molecule has 1 aromatic carbocycles. The van der Waals surface area contributed by atoms with E-state index in [-0.39, 0.29) is 0 Å². The molecule has 1 aromatic rings. The SMILES string of the molecule is CC(Br)C1CCN(Cc2ccccc2Cl)CC1. The van der Waals surface area contributed by atoms with Crippen molar-refractivity contribution in [3.63, 3.8) is 0 Å². The lowest BCUT2D eigenvalue weighted by Gasteiger charge is -2.33. The lowest BCUT2D eigenvalue weighted by Crippen LogP contribution is -2.35. The Morgan fingerprint density at radius 3 is 2.59 bits per heavy atom. The van der Waals surface area contributed by atoms with Gasteiger partial charge in [0.2, 0.25) is 0 Å². The summed E-state index contributed by atoms with van der Waals surface area (Å²) in [6.07, 6.45) is 2.58. The number of hydrogen-bond donors (Lipinski definition) is 0. The summed E-state index contributed by atoms with van der Waals surface area (Å²) in [5.74, 6) is 0.831. The molecule has 17 heavy (non-hydrogen) atoms. The summed E-state index contributed by atoms with van der Waals surface area (Å²) in [7, 11) is 0. The van der Waals surface area contributed by atoms with Gasteiger partial charge in [-0.05, 0) is 43.5 Å². The predicted octanol–water partition coefficient (Wildman–Crippen LogP) is 4.34. The number of nitrogens with zero attached hydrogens (tertiary/aromatic N) is 1. The van der Waals surface area contributed by atoms with Gasteiger partial charge in [0.05, 0.1) is 0 Å². The van der Waals surface area contributed by atoms with E-state index in [1.54, 1.807) is 0 Å². The third-order valence-corrected chi connectivity index (χ3v) is 4.75. The number of piperidine rings is 1. The summed E-state index contributed by atoms with van der Waals surface area (Å²) in [6.45, 7) is 5.62. The number of alkyl halides is 1. The van der Waals surface area contributed by atoms with Gasteiger partial charge in [0.15, 0.2) is 0 Å². The average Bonchev–Trinajstić information content (AvgIpc) is 2.33. The van der Waals surface area contributed by atoms with Crippen LogP contribution in [0.2, 0.25) is 5.02 Å². The number of benzene rings is 1. The van der Waals surface area contributed by atoms with Gasteiger partial charge in [0.25, 0.3) is 0 Å². The zero-order valence-electron chi connectivity index (χ0n) is 10.2. The van der Waals surface area contributed by atoms with Gasteiger partial charge in [-0.2, -0.15) is 0 Å². The summed E-state index contributed by atoms with van der Waals surface area (Å²) in [4.78, 5) is 3.15. The minimum Gasteiger partial charge on any atom is -0.299 e. The van der Waals surface area contributed by atoms with Gasteiger partial charge in [-0.3, -0.25) is 4.90 Å². The van der Waals surface area contributed by atoms with Crippen molar-refractivity contribution in [1.82, 2.24) is 4.90 Å². The Morgan fingerprint density at radius 1 is 1.35 bits per heavy atom. The van der Waals surface area contributed by atoms with Crippen LogP contribution < -0.4 is 0 Å². The van der Waals surface area contributed by atoms with Gasteiger partial charge in [0, 0.05) is 16.4 Å². The molecule has 1 fully saturated rings. The molecule has 1 aliphatic heterocycles. The van der Waals surface area contributed by atoms with E-state index in [9.17, 15) is 0 Å². The van der Waals surface area contributed by atoms with Crippen molar-refractivity contribution in [2.45, 2.75) is 31.1 Å². The number of halogens is 2. The molecule has 0 N–H and O–H groups in total. The third-order valence-electron chi connectivity index (χ3n) is 3.63. The highest BCUT2D eigenvalue weighted by atomic mass is 79.9. The van der Waals surface area contributed by atoms with E-state index in [1.165, 1.54) is 31.5 Å². The molecule has 0 spiro atoms. The van der Waals surface area contributed by atoms with Crippen molar-refractivity contribution in [3.8, 4) is 0 Å². The first-order valence-electron chi connectivity index (χ1n) is 6.26. The molecular weight excluding hydrogens is 298 g/mol. The number of likely N-dealkylation sites (tertiary alicyclic amines) is 1. The fraction of sp³-hybridized carbons (Fsp3) is 0.571. The second kappa shape index (κ2) is 6.21. The summed E-state index contributed by atoms with van der Waals surface area (Å²) >= 11 is 9.88. The molecule has 0 aliphatic carbocycles. The molecule has 3 heteroatoms. The Kier molecular flexibility index (Phi) is 4.89. The lowest BCUT2D eigenvalue weighted by atomic mass is 9.94. The zero-order chi connectivity index (χ0) is 12.3. The van der Waals surface area contributed by atoms with Gasteiger partial charge < -0.3 is 0 Å². The third kappa shape index (κ3) is 3.70. The molecular formula is C14H19BrClN. The van der Waals surface area contributed by atoms with E-state index in [0.717, 1.165) is 17.5 Å². The molecule has 1 saturated heterocycles. The van der Waals surface area contributed by atoms with Crippen LogP contribution in [-0.2, 0) is 6.54 Å². The predicted molar refractivity (Wildman–Crippen MR) is 77.8 cm³/mol. The van der Waals surface area contributed by atoms with Crippen LogP contribution >= 0.6 is 27.5 Å². The van der Waals surface area contributed by atoms with Gasteiger partial charge in [-0.25, -0.2) is 0 Å². The quantitative estimate of drug-likeness (QED) is 0.750. The van der Waals surface area contributed by atoms with Crippen LogP contribution in [0.15, 0.2) is 24.3 Å². The van der Waals surface area contributed by atoms with Crippen LogP contribution in [0, 0.1) is 5.92 Å². The molecule has 0 amide bonds. The van der Waals surface area contributed by atoms with E-state index >= 15 is 0 Å². The topological polar surface area (TPSA) is 3.24 Å². The van der Waals surface area contributed by atoms with Crippen LogP contribution in [0.1, 0.15) is 25.3 Å². The number of hydrogen-bond acceptors (Lipinski definition) is 1. The zero-order valence-corrected chi connectivity index (χ0v) is 12.5. The fourth-order valence-electron chi connectivity index (χ4n) is 2.44. The van der Waals surface area contributed by atoms with Crippen LogP contribution in [0.4, 0.5) is 0 Å². The molecule has 0 aromatic heterocycles. The van der Waals surface area contributed by atoms with Gasteiger partial charge in [0.1, 0.15) is 0 Å². The van der Waals surface area contributed by atoms with Crippen molar-refractivity contribution in [3.05, 3.63) is 34.9 Å². The van der Waals surface area contributed by atoms with Crippen LogP contribution in [0.25, 0.3) is 0 Å². The smallest absolute Gasteiger partial charge is 0.0451 e. The molecule has 1 atom stereocenters. The minimum absolute atomic E-state index is 0.643. The maximum absolute atomic E-state index is 6.19. The summed E-state index contributed by atoms with van der Waals surface area (Å²) in [5, 5.41) is 0.892. The Hall–Kier alpha value is -0.0500.